The van der Waals surface area contributed by atoms with Gasteiger partial charge in [-0.3, -0.25) is 4.79 Å². The minimum atomic E-state index is -0.0719. The first kappa shape index (κ1) is 10.7. The van der Waals surface area contributed by atoms with Gasteiger partial charge >= 0.3 is 0 Å². The molecule has 1 heterocycles. The Balaban J connectivity index is 2.36. The zero-order chi connectivity index (χ0) is 9.73. The first-order valence-electron chi connectivity index (χ1n) is 5.07. The predicted octanol–water partition coefficient (Wildman–Crippen LogP) is -0.225. The van der Waals surface area contributed by atoms with Crippen molar-refractivity contribution >= 4 is 16.1 Å². The monoisotopic (exact) mass is 201 g/mol. The number of carbonyl (C=O) groups excluding carboxylic acids is 1. The molecule has 1 rings (SSSR count). The second-order valence-electron chi connectivity index (χ2n) is 3.89. The highest BCUT2D eigenvalue weighted by Gasteiger charge is 2.29. The molecule has 3 nitrogen and oxygen atoms in total. The maximum Gasteiger partial charge on any atom is 0.222 e. The van der Waals surface area contributed by atoms with Crippen LogP contribution in [0.3, 0.4) is 0 Å². The highest BCUT2D eigenvalue weighted by molar-refractivity contribution is 6.16. The van der Waals surface area contributed by atoms with Crippen molar-refractivity contribution in [3.05, 3.63) is 0 Å². The molecule has 13 heavy (non-hydrogen) atoms. The summed E-state index contributed by atoms with van der Waals surface area (Å²) in [4.78, 5) is 11.3. The van der Waals surface area contributed by atoms with Gasteiger partial charge in [0, 0.05) is 23.4 Å². The average molecular weight is 201 g/mol. The van der Waals surface area contributed by atoms with E-state index in [4.69, 9.17) is 4.74 Å². The Morgan fingerprint density at radius 2 is 2.38 bits per heavy atom. The van der Waals surface area contributed by atoms with Crippen LogP contribution in [0.4, 0.5) is 0 Å². The number of carbonyl (C=O) groups is 1. The molecule has 1 atom stereocenters. The summed E-state index contributed by atoms with van der Waals surface area (Å²) in [7, 11) is 0.952. The first-order chi connectivity index (χ1) is 6.16. The Labute approximate surface area is 82.6 Å². The quantitative estimate of drug-likeness (QED) is 0.641. The molecule has 1 aliphatic rings. The van der Waals surface area contributed by atoms with Gasteiger partial charge in [-0.15, -0.1) is 0 Å². The lowest BCUT2D eigenvalue weighted by molar-refractivity contribution is -0.126. The van der Waals surface area contributed by atoms with Gasteiger partial charge in [-0.05, 0) is 26.2 Å². The van der Waals surface area contributed by atoms with Gasteiger partial charge in [0.2, 0.25) is 5.91 Å². The predicted molar refractivity (Wildman–Crippen MR) is 55.8 cm³/mol. The van der Waals surface area contributed by atoms with Crippen molar-refractivity contribution in [2.75, 3.05) is 13.2 Å². The minimum Gasteiger partial charge on any atom is -0.379 e. The molecule has 0 spiro atoms. The maximum atomic E-state index is 11.3. The van der Waals surface area contributed by atoms with Crippen LogP contribution >= 0.6 is 0 Å². The summed E-state index contributed by atoms with van der Waals surface area (Å²) in [5.41, 5.74) is 0. The Hall–Kier alpha value is -0.353. The third kappa shape index (κ3) is 3.48. The topological polar surface area (TPSA) is 38.3 Å². The minimum absolute atomic E-state index is 0.0719. The van der Waals surface area contributed by atoms with Crippen LogP contribution in [-0.4, -0.2) is 34.5 Å². The molecule has 1 N–H and O–H groups in total. The van der Waals surface area contributed by atoms with Crippen LogP contribution in [0.25, 0.3) is 0 Å². The molecule has 0 aromatic rings. The Morgan fingerprint density at radius 1 is 1.62 bits per heavy atom. The van der Waals surface area contributed by atoms with Crippen molar-refractivity contribution in [3.8, 4) is 0 Å². The summed E-state index contributed by atoms with van der Waals surface area (Å²) in [6.07, 6.45) is 3.99. The maximum absolute atomic E-state index is 11.3. The van der Waals surface area contributed by atoms with Crippen LogP contribution in [-0.2, 0) is 9.53 Å². The van der Waals surface area contributed by atoms with Gasteiger partial charge in [-0.25, -0.2) is 0 Å². The highest BCUT2D eigenvalue weighted by Crippen LogP contribution is 2.24. The van der Waals surface area contributed by atoms with E-state index in [1.807, 2.05) is 6.92 Å². The van der Waals surface area contributed by atoms with Gasteiger partial charge in [0.15, 0.2) is 0 Å². The van der Waals surface area contributed by atoms with E-state index in [2.05, 4.69) is 5.32 Å². The molecule has 1 fully saturated rings. The Bertz CT molecular complexity index is 178. The fourth-order valence-electron chi connectivity index (χ4n) is 1.73. The van der Waals surface area contributed by atoms with Crippen molar-refractivity contribution in [2.24, 2.45) is 0 Å². The highest BCUT2D eigenvalue weighted by atomic mass is 28.1. The van der Waals surface area contributed by atoms with Gasteiger partial charge in [0.05, 0.1) is 11.6 Å². The van der Waals surface area contributed by atoms with Crippen LogP contribution in [0.1, 0.15) is 32.6 Å². The first-order valence-corrected chi connectivity index (χ1v) is 6.07. The van der Waals surface area contributed by atoms with Crippen LogP contribution in [0, 0.1) is 0 Å². The van der Waals surface area contributed by atoms with Gasteiger partial charge < -0.3 is 10.1 Å². The number of ether oxygens (including phenoxy) is 1. The molecule has 1 unspecified atom stereocenters. The molecule has 0 saturated carbocycles. The summed E-state index contributed by atoms with van der Waals surface area (Å²) < 4.78 is 5.68. The van der Waals surface area contributed by atoms with Crippen LogP contribution in [0.2, 0.25) is 0 Å². The van der Waals surface area contributed by atoms with Crippen LogP contribution in [0.5, 0.6) is 0 Å². The van der Waals surface area contributed by atoms with E-state index in [0.717, 1.165) is 36.2 Å². The lowest BCUT2D eigenvalue weighted by Crippen LogP contribution is -2.42. The number of hydrogen-bond acceptors (Lipinski definition) is 2. The standard InChI is InChI=1S/C9H19NO2Si/c1-2-10-8(11)7-9(13)5-3-4-6-12-9/h2-7H2,1,13H3,(H,10,11). The Kier molecular flexibility index (Phi) is 3.93. The average Bonchev–Trinajstić information content (AvgIpc) is 2.04. The molecule has 0 aromatic carbocycles. The zero-order valence-electron chi connectivity index (χ0n) is 8.56. The zero-order valence-corrected chi connectivity index (χ0v) is 10.6. The van der Waals surface area contributed by atoms with Gasteiger partial charge in [0.25, 0.3) is 0 Å². The van der Waals surface area contributed by atoms with Gasteiger partial charge in [-0.1, -0.05) is 0 Å². The number of nitrogens with one attached hydrogen (secondary N) is 1. The van der Waals surface area contributed by atoms with Crippen molar-refractivity contribution in [3.63, 3.8) is 0 Å². The van der Waals surface area contributed by atoms with Gasteiger partial charge in [-0.2, -0.15) is 0 Å². The molecule has 76 valence electrons. The van der Waals surface area contributed by atoms with Crippen molar-refractivity contribution in [2.45, 2.75) is 37.8 Å². The lowest BCUT2D eigenvalue weighted by Gasteiger charge is -2.33. The van der Waals surface area contributed by atoms with Gasteiger partial charge in [0.1, 0.15) is 0 Å². The van der Waals surface area contributed by atoms with E-state index in [1.165, 1.54) is 6.42 Å². The summed E-state index contributed by atoms with van der Waals surface area (Å²) in [5.74, 6) is 0.138. The number of amides is 1. The molecule has 0 aliphatic carbocycles. The molecule has 1 amide bonds. The summed E-state index contributed by atoms with van der Waals surface area (Å²) in [6.45, 7) is 3.50. The molecule has 0 radical (unpaired) electrons. The van der Waals surface area contributed by atoms with E-state index in [0.29, 0.717) is 6.42 Å². The fourth-order valence-corrected chi connectivity index (χ4v) is 2.61. The number of hydrogen-bond donors (Lipinski definition) is 1. The van der Waals surface area contributed by atoms with Crippen molar-refractivity contribution in [1.29, 1.82) is 0 Å². The van der Waals surface area contributed by atoms with E-state index < -0.39 is 0 Å². The summed E-state index contributed by atoms with van der Waals surface area (Å²) in [5, 5.41) is 2.75. The Morgan fingerprint density at radius 3 is 2.92 bits per heavy atom. The largest absolute Gasteiger partial charge is 0.379 e. The summed E-state index contributed by atoms with van der Waals surface area (Å²) in [6, 6.07) is 0. The number of rotatable bonds is 3. The summed E-state index contributed by atoms with van der Waals surface area (Å²) >= 11 is 0. The third-order valence-corrected chi connectivity index (χ3v) is 3.60. The molecule has 0 bridgehead atoms. The normalized spacial score (nSPS) is 28.7. The van der Waals surface area contributed by atoms with Crippen molar-refractivity contribution in [1.82, 2.24) is 5.32 Å². The smallest absolute Gasteiger partial charge is 0.222 e. The lowest BCUT2D eigenvalue weighted by atomic mass is 10.1. The molecule has 1 aliphatic heterocycles. The molecule has 4 heteroatoms. The molecule has 0 aromatic heterocycles. The molecule has 1 saturated heterocycles. The van der Waals surface area contributed by atoms with Crippen molar-refractivity contribution < 1.29 is 9.53 Å². The fraction of sp³-hybridized carbons (Fsp3) is 0.889. The van der Waals surface area contributed by atoms with E-state index in [9.17, 15) is 4.79 Å². The SMILES string of the molecule is CCNC(=O)CC1([SiH3])CCCCO1. The second-order valence-corrected chi connectivity index (χ2v) is 5.71. The van der Waals surface area contributed by atoms with E-state index >= 15 is 0 Å². The second kappa shape index (κ2) is 4.76. The third-order valence-electron chi connectivity index (χ3n) is 2.46. The van der Waals surface area contributed by atoms with Crippen LogP contribution in [0.15, 0.2) is 0 Å². The van der Waals surface area contributed by atoms with Crippen LogP contribution < -0.4 is 5.32 Å². The molecular formula is C9H19NO2Si. The van der Waals surface area contributed by atoms with E-state index in [-0.39, 0.29) is 11.1 Å². The molecular weight excluding hydrogens is 182 g/mol. The van der Waals surface area contributed by atoms with E-state index in [1.54, 1.807) is 0 Å².